The Labute approximate surface area is 118 Å². The Bertz CT molecular complexity index is 477. The highest BCUT2D eigenvalue weighted by Crippen LogP contribution is 2.30. The number of carboxylic acids is 1. The molecule has 0 aliphatic heterocycles. The van der Waals surface area contributed by atoms with Gasteiger partial charge in [-0.05, 0) is 54.9 Å². The van der Waals surface area contributed by atoms with E-state index in [1.807, 2.05) is 0 Å². The van der Waals surface area contributed by atoms with Gasteiger partial charge in [0.1, 0.15) is 5.82 Å². The van der Waals surface area contributed by atoms with E-state index >= 15 is 0 Å². The summed E-state index contributed by atoms with van der Waals surface area (Å²) >= 11 is 0. The summed E-state index contributed by atoms with van der Waals surface area (Å²) < 4.78 is 19.2. The van der Waals surface area contributed by atoms with E-state index < -0.39 is 11.8 Å². The third-order valence-electron chi connectivity index (χ3n) is 3.83. The third-order valence-corrected chi connectivity index (χ3v) is 3.83. The molecular formula is C16H21FO3. The summed E-state index contributed by atoms with van der Waals surface area (Å²) in [6, 6.07) is 3.83. The van der Waals surface area contributed by atoms with Crippen molar-refractivity contribution in [3.63, 3.8) is 0 Å². The Morgan fingerprint density at radius 3 is 2.50 bits per heavy atom. The Morgan fingerprint density at radius 2 is 1.90 bits per heavy atom. The molecule has 0 saturated heterocycles. The molecule has 1 fully saturated rings. The first-order chi connectivity index (χ1) is 9.44. The highest BCUT2D eigenvalue weighted by molar-refractivity contribution is 5.87. The molecule has 2 rings (SSSR count). The minimum absolute atomic E-state index is 0.0334. The second-order valence-electron chi connectivity index (χ2n) is 6.00. The van der Waals surface area contributed by atoms with Gasteiger partial charge in [0.25, 0.3) is 0 Å². The highest BCUT2D eigenvalue weighted by Gasteiger charge is 2.24. The number of hydrogen-bond acceptors (Lipinski definition) is 2. The van der Waals surface area contributed by atoms with Crippen molar-refractivity contribution in [1.82, 2.24) is 0 Å². The summed E-state index contributed by atoms with van der Waals surface area (Å²) in [4.78, 5) is 10.9. The van der Waals surface area contributed by atoms with E-state index in [4.69, 9.17) is 9.84 Å². The van der Waals surface area contributed by atoms with Gasteiger partial charge in [-0.1, -0.05) is 13.8 Å². The average molecular weight is 280 g/mol. The fourth-order valence-corrected chi connectivity index (χ4v) is 3.08. The fraction of sp³-hybridized carbons (Fsp3) is 0.562. The standard InChI is InChI=1S/C16H21FO3/c1-10-3-11(2)5-15(4-10)20-9-12-6-13(16(18)19)8-14(17)7-12/h6-8,10-11,15H,3-5,9H2,1-2H3,(H,18,19). The number of halogens is 1. The summed E-state index contributed by atoms with van der Waals surface area (Å²) in [5.74, 6) is -0.365. The quantitative estimate of drug-likeness (QED) is 0.910. The van der Waals surface area contributed by atoms with Crippen molar-refractivity contribution < 1.29 is 19.0 Å². The van der Waals surface area contributed by atoms with Crippen LogP contribution in [0.4, 0.5) is 4.39 Å². The van der Waals surface area contributed by atoms with E-state index in [1.54, 1.807) is 0 Å². The van der Waals surface area contributed by atoms with Crippen LogP contribution >= 0.6 is 0 Å². The second-order valence-corrected chi connectivity index (χ2v) is 6.00. The molecule has 1 aromatic rings. The van der Waals surface area contributed by atoms with Gasteiger partial charge in [0.15, 0.2) is 0 Å². The molecule has 1 aromatic carbocycles. The van der Waals surface area contributed by atoms with Crippen LogP contribution in [0.15, 0.2) is 18.2 Å². The van der Waals surface area contributed by atoms with Gasteiger partial charge in [0, 0.05) is 0 Å². The van der Waals surface area contributed by atoms with Crippen molar-refractivity contribution in [2.24, 2.45) is 11.8 Å². The maximum Gasteiger partial charge on any atom is 0.335 e. The number of aromatic carboxylic acids is 1. The predicted molar refractivity (Wildman–Crippen MR) is 74.1 cm³/mol. The average Bonchev–Trinajstić information content (AvgIpc) is 2.34. The Kier molecular flexibility index (Phi) is 4.76. The normalized spacial score (nSPS) is 26.4. The molecule has 0 amide bonds. The molecular weight excluding hydrogens is 259 g/mol. The van der Waals surface area contributed by atoms with E-state index in [0.717, 1.165) is 18.9 Å². The topological polar surface area (TPSA) is 46.5 Å². The van der Waals surface area contributed by atoms with Crippen LogP contribution in [0.2, 0.25) is 0 Å². The molecule has 110 valence electrons. The molecule has 0 heterocycles. The summed E-state index contributed by atoms with van der Waals surface area (Å²) in [6.45, 7) is 4.70. The largest absolute Gasteiger partial charge is 0.478 e. The van der Waals surface area contributed by atoms with Crippen LogP contribution < -0.4 is 0 Å². The lowest BCUT2D eigenvalue weighted by atomic mass is 9.82. The molecule has 0 radical (unpaired) electrons. The molecule has 20 heavy (non-hydrogen) atoms. The minimum atomic E-state index is -1.12. The van der Waals surface area contributed by atoms with Crippen LogP contribution in [0.1, 0.15) is 49.0 Å². The summed E-state index contributed by atoms with van der Waals surface area (Å²) in [7, 11) is 0. The van der Waals surface area contributed by atoms with Gasteiger partial charge in [-0.3, -0.25) is 0 Å². The van der Waals surface area contributed by atoms with Gasteiger partial charge in [0.2, 0.25) is 0 Å². The van der Waals surface area contributed by atoms with Crippen molar-refractivity contribution in [1.29, 1.82) is 0 Å². The number of carbonyl (C=O) groups is 1. The molecule has 1 aliphatic rings. The maximum absolute atomic E-state index is 13.4. The van der Waals surface area contributed by atoms with Gasteiger partial charge in [0.05, 0.1) is 18.3 Å². The van der Waals surface area contributed by atoms with Crippen LogP contribution in [0.25, 0.3) is 0 Å². The van der Waals surface area contributed by atoms with E-state index in [1.165, 1.54) is 18.6 Å². The van der Waals surface area contributed by atoms with Crippen molar-refractivity contribution in [3.05, 3.63) is 35.1 Å². The van der Waals surface area contributed by atoms with Gasteiger partial charge in [-0.15, -0.1) is 0 Å². The first kappa shape index (κ1) is 15.0. The lowest BCUT2D eigenvalue weighted by Crippen LogP contribution is -2.26. The van der Waals surface area contributed by atoms with Crippen molar-refractivity contribution >= 4 is 5.97 Å². The highest BCUT2D eigenvalue weighted by atomic mass is 19.1. The Morgan fingerprint density at radius 1 is 1.25 bits per heavy atom. The van der Waals surface area contributed by atoms with Gasteiger partial charge in [-0.25, -0.2) is 9.18 Å². The maximum atomic E-state index is 13.4. The first-order valence-corrected chi connectivity index (χ1v) is 7.08. The zero-order valence-electron chi connectivity index (χ0n) is 11.9. The van der Waals surface area contributed by atoms with E-state index in [0.29, 0.717) is 17.4 Å². The lowest BCUT2D eigenvalue weighted by molar-refractivity contribution is -0.00925. The zero-order valence-corrected chi connectivity index (χ0v) is 11.9. The van der Waals surface area contributed by atoms with Crippen molar-refractivity contribution in [2.45, 2.75) is 45.8 Å². The van der Waals surface area contributed by atoms with Gasteiger partial charge >= 0.3 is 5.97 Å². The van der Waals surface area contributed by atoms with Gasteiger partial charge < -0.3 is 9.84 Å². The Hall–Kier alpha value is -1.42. The van der Waals surface area contributed by atoms with Crippen LogP contribution in [0.3, 0.4) is 0 Å². The van der Waals surface area contributed by atoms with Crippen LogP contribution in [-0.2, 0) is 11.3 Å². The van der Waals surface area contributed by atoms with Crippen molar-refractivity contribution in [2.75, 3.05) is 0 Å². The second kappa shape index (κ2) is 6.35. The molecule has 2 unspecified atom stereocenters. The van der Waals surface area contributed by atoms with Crippen molar-refractivity contribution in [3.8, 4) is 0 Å². The van der Waals surface area contributed by atoms with Gasteiger partial charge in [-0.2, -0.15) is 0 Å². The molecule has 0 bridgehead atoms. The molecule has 0 aromatic heterocycles. The molecule has 1 saturated carbocycles. The number of carboxylic acid groups (broad SMARTS) is 1. The molecule has 2 atom stereocenters. The van der Waals surface area contributed by atoms with E-state index in [9.17, 15) is 9.18 Å². The Balaban J connectivity index is 1.98. The SMILES string of the molecule is CC1CC(C)CC(OCc2cc(F)cc(C(=O)O)c2)C1. The summed E-state index contributed by atoms with van der Waals surface area (Å²) in [5, 5.41) is 8.91. The predicted octanol–water partition coefficient (Wildman–Crippen LogP) is 3.87. The zero-order chi connectivity index (χ0) is 14.7. The molecule has 0 spiro atoms. The minimum Gasteiger partial charge on any atom is -0.478 e. The molecule has 4 heteroatoms. The van der Waals surface area contributed by atoms with E-state index in [2.05, 4.69) is 13.8 Å². The summed E-state index contributed by atoms with van der Waals surface area (Å²) in [5.41, 5.74) is 0.544. The third kappa shape index (κ3) is 4.04. The van der Waals surface area contributed by atoms with Crippen LogP contribution in [0, 0.1) is 17.7 Å². The van der Waals surface area contributed by atoms with E-state index in [-0.39, 0.29) is 18.3 Å². The lowest BCUT2D eigenvalue weighted by Gasteiger charge is -2.31. The molecule has 1 N–H and O–H groups in total. The van der Waals surface area contributed by atoms with Crippen LogP contribution in [0.5, 0.6) is 0 Å². The number of hydrogen-bond donors (Lipinski definition) is 1. The fourth-order valence-electron chi connectivity index (χ4n) is 3.08. The number of benzene rings is 1. The van der Waals surface area contributed by atoms with Crippen LogP contribution in [-0.4, -0.2) is 17.2 Å². The number of ether oxygens (including phenoxy) is 1. The molecule has 3 nitrogen and oxygen atoms in total. The monoisotopic (exact) mass is 280 g/mol. The summed E-state index contributed by atoms with van der Waals surface area (Å²) in [6.07, 6.45) is 3.45. The first-order valence-electron chi connectivity index (χ1n) is 7.08. The smallest absolute Gasteiger partial charge is 0.335 e. The molecule has 1 aliphatic carbocycles. The number of rotatable bonds is 4.